The molecule has 1 aromatic carbocycles. The molecular formula is C10H12O3S. The quantitative estimate of drug-likeness (QED) is 0.798. The Balaban J connectivity index is 2.87. The molecule has 0 aliphatic rings. The molecule has 1 aromatic rings. The summed E-state index contributed by atoms with van der Waals surface area (Å²) in [6.07, 6.45) is 1.30. The summed E-state index contributed by atoms with van der Waals surface area (Å²) < 4.78 is 0. The maximum Gasteiger partial charge on any atom is 0.335 e. The third-order valence-corrected chi connectivity index (χ3v) is 2.49. The third-order valence-electron chi connectivity index (χ3n) is 1.84. The molecule has 0 fully saturated rings. The Morgan fingerprint density at radius 1 is 1.57 bits per heavy atom. The molecule has 1 unspecified atom stereocenters. The van der Waals surface area contributed by atoms with Crippen LogP contribution >= 0.6 is 11.8 Å². The molecule has 0 heterocycles. The van der Waals surface area contributed by atoms with Gasteiger partial charge in [0.25, 0.3) is 0 Å². The van der Waals surface area contributed by atoms with E-state index in [2.05, 4.69) is 0 Å². The zero-order valence-corrected chi connectivity index (χ0v) is 8.62. The van der Waals surface area contributed by atoms with Crippen molar-refractivity contribution >= 4 is 17.7 Å². The summed E-state index contributed by atoms with van der Waals surface area (Å²) in [6, 6.07) is 6.39. The molecule has 0 saturated heterocycles. The Kier molecular flexibility index (Phi) is 3.98. The fraction of sp³-hybridized carbons (Fsp3) is 0.300. The number of rotatable bonds is 4. The monoisotopic (exact) mass is 212 g/mol. The molecule has 0 amide bonds. The highest BCUT2D eigenvalue weighted by molar-refractivity contribution is 7.98. The van der Waals surface area contributed by atoms with Gasteiger partial charge in [-0.15, -0.1) is 0 Å². The number of hydrogen-bond acceptors (Lipinski definition) is 3. The Morgan fingerprint density at radius 3 is 2.86 bits per heavy atom. The lowest BCUT2D eigenvalue weighted by atomic mass is 10.1. The molecule has 1 rings (SSSR count). The van der Waals surface area contributed by atoms with Gasteiger partial charge in [0.1, 0.15) is 0 Å². The maximum atomic E-state index is 10.6. The highest BCUT2D eigenvalue weighted by Crippen LogP contribution is 2.17. The summed E-state index contributed by atoms with van der Waals surface area (Å²) in [6.45, 7) is 0. The topological polar surface area (TPSA) is 57.5 Å². The fourth-order valence-electron chi connectivity index (χ4n) is 1.13. The van der Waals surface area contributed by atoms with E-state index in [9.17, 15) is 9.90 Å². The molecule has 76 valence electrons. The van der Waals surface area contributed by atoms with Crippen molar-refractivity contribution in [1.29, 1.82) is 0 Å². The SMILES string of the molecule is CSCC(O)c1cccc(C(=O)O)c1. The second kappa shape index (κ2) is 5.02. The first-order valence-electron chi connectivity index (χ1n) is 4.15. The van der Waals surface area contributed by atoms with Crippen LogP contribution in [0.3, 0.4) is 0 Å². The number of thioether (sulfide) groups is 1. The largest absolute Gasteiger partial charge is 0.478 e. The van der Waals surface area contributed by atoms with Gasteiger partial charge < -0.3 is 10.2 Å². The van der Waals surface area contributed by atoms with Crippen molar-refractivity contribution in [2.45, 2.75) is 6.10 Å². The van der Waals surface area contributed by atoms with E-state index in [0.29, 0.717) is 11.3 Å². The first-order valence-corrected chi connectivity index (χ1v) is 5.54. The lowest BCUT2D eigenvalue weighted by molar-refractivity contribution is 0.0696. The average Bonchev–Trinajstić information content (AvgIpc) is 2.18. The van der Waals surface area contributed by atoms with E-state index in [1.807, 2.05) is 6.26 Å². The van der Waals surface area contributed by atoms with E-state index < -0.39 is 12.1 Å². The summed E-state index contributed by atoms with van der Waals surface area (Å²) in [4.78, 5) is 10.6. The number of aliphatic hydroxyl groups excluding tert-OH is 1. The molecule has 3 nitrogen and oxygen atoms in total. The lowest BCUT2D eigenvalue weighted by Gasteiger charge is -2.09. The number of carboxylic acid groups (broad SMARTS) is 1. The smallest absolute Gasteiger partial charge is 0.335 e. The molecule has 1 atom stereocenters. The summed E-state index contributed by atoms with van der Waals surface area (Å²) in [5.41, 5.74) is 0.863. The maximum absolute atomic E-state index is 10.6. The molecule has 0 aliphatic heterocycles. The number of aromatic carboxylic acids is 1. The number of aliphatic hydroxyl groups is 1. The van der Waals surface area contributed by atoms with Crippen molar-refractivity contribution in [3.8, 4) is 0 Å². The molecule has 14 heavy (non-hydrogen) atoms. The van der Waals surface area contributed by atoms with E-state index in [0.717, 1.165) is 0 Å². The molecule has 0 bridgehead atoms. The summed E-state index contributed by atoms with van der Waals surface area (Å²) >= 11 is 1.52. The molecule has 0 saturated carbocycles. The first-order chi connectivity index (χ1) is 6.65. The van der Waals surface area contributed by atoms with Crippen LogP contribution < -0.4 is 0 Å². The summed E-state index contributed by atoms with van der Waals surface area (Å²) in [5.74, 6) is -0.397. The van der Waals surface area contributed by atoms with Gasteiger partial charge in [-0.2, -0.15) is 11.8 Å². The minimum absolute atomic E-state index is 0.211. The zero-order chi connectivity index (χ0) is 10.6. The van der Waals surface area contributed by atoms with Crippen molar-refractivity contribution in [2.75, 3.05) is 12.0 Å². The fourth-order valence-corrected chi connectivity index (χ4v) is 1.64. The number of carbonyl (C=O) groups is 1. The normalized spacial score (nSPS) is 12.4. The second-order valence-electron chi connectivity index (χ2n) is 2.90. The molecular weight excluding hydrogens is 200 g/mol. The van der Waals surface area contributed by atoms with Gasteiger partial charge in [-0.1, -0.05) is 12.1 Å². The lowest BCUT2D eigenvalue weighted by Crippen LogP contribution is -2.03. The Bertz CT molecular complexity index is 325. The van der Waals surface area contributed by atoms with Gasteiger partial charge in [-0.05, 0) is 24.0 Å². The van der Waals surface area contributed by atoms with Gasteiger partial charge in [0, 0.05) is 5.75 Å². The average molecular weight is 212 g/mol. The van der Waals surface area contributed by atoms with Crippen molar-refractivity contribution < 1.29 is 15.0 Å². The first kappa shape index (κ1) is 11.1. The van der Waals surface area contributed by atoms with Crippen molar-refractivity contribution in [1.82, 2.24) is 0 Å². The van der Waals surface area contributed by atoms with Crippen LogP contribution in [0.4, 0.5) is 0 Å². The van der Waals surface area contributed by atoms with Crippen molar-refractivity contribution in [2.24, 2.45) is 0 Å². The van der Waals surface area contributed by atoms with Gasteiger partial charge in [-0.3, -0.25) is 0 Å². The van der Waals surface area contributed by atoms with Crippen molar-refractivity contribution in [3.05, 3.63) is 35.4 Å². The zero-order valence-electron chi connectivity index (χ0n) is 7.80. The molecule has 0 aliphatic carbocycles. The van der Waals surface area contributed by atoms with Crippen LogP contribution in [0.2, 0.25) is 0 Å². The predicted octanol–water partition coefficient (Wildman–Crippen LogP) is 1.78. The Morgan fingerprint density at radius 2 is 2.29 bits per heavy atom. The third kappa shape index (κ3) is 2.75. The van der Waals surface area contributed by atoms with Crippen LogP contribution in [0.25, 0.3) is 0 Å². The molecule has 0 radical (unpaired) electrons. The molecule has 0 spiro atoms. The van der Waals surface area contributed by atoms with Gasteiger partial charge in [0.15, 0.2) is 0 Å². The summed E-state index contributed by atoms with van der Waals surface area (Å²) in [5, 5.41) is 18.3. The standard InChI is InChI=1S/C10H12O3S/c1-14-6-9(11)7-3-2-4-8(5-7)10(12)13/h2-5,9,11H,6H2,1H3,(H,12,13). The molecule has 0 aromatic heterocycles. The van der Waals surface area contributed by atoms with E-state index in [-0.39, 0.29) is 5.56 Å². The minimum atomic E-state index is -0.969. The van der Waals surface area contributed by atoms with E-state index >= 15 is 0 Å². The number of carboxylic acids is 1. The Labute approximate surface area is 86.8 Å². The highest BCUT2D eigenvalue weighted by atomic mass is 32.2. The van der Waals surface area contributed by atoms with Gasteiger partial charge >= 0.3 is 5.97 Å². The van der Waals surface area contributed by atoms with E-state index in [1.54, 1.807) is 12.1 Å². The van der Waals surface area contributed by atoms with Gasteiger partial charge in [0.05, 0.1) is 11.7 Å². The highest BCUT2D eigenvalue weighted by Gasteiger charge is 2.09. The van der Waals surface area contributed by atoms with Crippen molar-refractivity contribution in [3.63, 3.8) is 0 Å². The molecule has 4 heteroatoms. The number of benzene rings is 1. The van der Waals surface area contributed by atoms with Crippen LogP contribution in [0, 0.1) is 0 Å². The predicted molar refractivity (Wildman–Crippen MR) is 56.7 cm³/mol. The molecule has 2 N–H and O–H groups in total. The van der Waals surface area contributed by atoms with Crippen LogP contribution in [-0.2, 0) is 0 Å². The van der Waals surface area contributed by atoms with E-state index in [4.69, 9.17) is 5.11 Å². The van der Waals surface area contributed by atoms with Crippen LogP contribution in [0.15, 0.2) is 24.3 Å². The summed E-state index contributed by atoms with van der Waals surface area (Å²) in [7, 11) is 0. The van der Waals surface area contributed by atoms with Crippen LogP contribution in [0.5, 0.6) is 0 Å². The number of hydrogen-bond donors (Lipinski definition) is 2. The second-order valence-corrected chi connectivity index (χ2v) is 3.81. The Hall–Kier alpha value is -1.00. The van der Waals surface area contributed by atoms with Crippen LogP contribution in [-0.4, -0.2) is 28.2 Å². The minimum Gasteiger partial charge on any atom is -0.478 e. The van der Waals surface area contributed by atoms with Gasteiger partial charge in [0.2, 0.25) is 0 Å². The van der Waals surface area contributed by atoms with Gasteiger partial charge in [-0.25, -0.2) is 4.79 Å². The van der Waals surface area contributed by atoms with E-state index in [1.165, 1.54) is 23.9 Å². The van der Waals surface area contributed by atoms with Crippen LogP contribution in [0.1, 0.15) is 22.0 Å².